The van der Waals surface area contributed by atoms with Crippen molar-refractivity contribution in [1.82, 2.24) is 0 Å². The minimum atomic E-state index is -0.872. The Bertz CT molecular complexity index is 692. The van der Waals surface area contributed by atoms with E-state index in [0.717, 1.165) is 34.1 Å². The van der Waals surface area contributed by atoms with Crippen molar-refractivity contribution in [3.05, 3.63) is 46.3 Å². The zero-order valence-corrected chi connectivity index (χ0v) is 21.2. The first-order chi connectivity index (χ1) is 11.1. The molecule has 2 rings (SSSR count). The maximum atomic E-state index is 10.7. The van der Waals surface area contributed by atoms with Crippen LogP contribution in [-0.2, 0) is 11.2 Å². The number of carbonyl (C=O) groups excluding carboxylic acids is 1. The van der Waals surface area contributed by atoms with Crippen LogP contribution in [0.25, 0.3) is 0 Å². The highest BCUT2D eigenvalue weighted by Gasteiger charge is 2.35. The zero-order valence-electron chi connectivity index (χ0n) is 12.6. The van der Waals surface area contributed by atoms with Gasteiger partial charge in [-0.25, -0.2) is 0 Å². The van der Waals surface area contributed by atoms with E-state index in [-0.39, 0.29) is 3.92 Å². The number of rotatable bonds is 5. The van der Waals surface area contributed by atoms with Crippen molar-refractivity contribution < 1.29 is 14.6 Å². The Kier molecular flexibility index (Phi) is 7.81. The summed E-state index contributed by atoms with van der Waals surface area (Å²) in [5.41, 5.74) is 5.84. The molecule has 0 radical (unpaired) electrons. The first kappa shape index (κ1) is 21.3. The molecule has 3 unspecified atom stereocenters. The Labute approximate surface area is 195 Å². The summed E-state index contributed by atoms with van der Waals surface area (Å²) in [5, 5.41) is 10.4. The monoisotopic (exact) mass is 777 g/mol. The third kappa shape index (κ3) is 5.04. The van der Waals surface area contributed by atoms with Gasteiger partial charge in [0.25, 0.3) is 0 Å². The van der Waals surface area contributed by atoms with E-state index in [2.05, 4.69) is 90.4 Å². The molecule has 1 aliphatic rings. The molecular weight excluding hydrogens is 762 g/mol. The van der Waals surface area contributed by atoms with Crippen LogP contribution in [0.2, 0.25) is 0 Å². The van der Waals surface area contributed by atoms with Gasteiger partial charge in [-0.1, -0.05) is 22.6 Å². The fourth-order valence-corrected chi connectivity index (χ4v) is 6.13. The largest absolute Gasteiger partial charge is 0.455 e. The molecule has 0 heterocycles. The van der Waals surface area contributed by atoms with Gasteiger partial charge in [0.05, 0.1) is 17.1 Å². The molecule has 8 heteroatoms. The minimum absolute atomic E-state index is 0.0674. The van der Waals surface area contributed by atoms with Gasteiger partial charge in [0.2, 0.25) is 0 Å². The van der Waals surface area contributed by atoms with Gasteiger partial charge in [0.1, 0.15) is 17.6 Å². The van der Waals surface area contributed by atoms with Crippen molar-refractivity contribution in [2.75, 3.05) is 0 Å². The number of nitrogens with two attached hydrogens (primary N) is 1. The lowest BCUT2D eigenvalue weighted by atomic mass is 9.97. The van der Waals surface area contributed by atoms with E-state index in [9.17, 15) is 9.90 Å². The van der Waals surface area contributed by atoms with Gasteiger partial charge in [0.15, 0.2) is 5.75 Å². The molecule has 24 heavy (non-hydrogen) atoms. The average molecular weight is 777 g/mol. The average Bonchev–Trinajstić information content (AvgIpc) is 2.49. The summed E-state index contributed by atoms with van der Waals surface area (Å²) in [7, 11) is 0. The molecule has 0 spiro atoms. The number of hydrogen-bond donors (Lipinski definition) is 2. The van der Waals surface area contributed by atoms with Crippen LogP contribution in [0.3, 0.4) is 0 Å². The lowest BCUT2D eigenvalue weighted by Crippen LogP contribution is -2.36. The van der Waals surface area contributed by atoms with E-state index in [0.29, 0.717) is 6.42 Å². The molecule has 3 atom stereocenters. The maximum absolute atomic E-state index is 10.7. The van der Waals surface area contributed by atoms with Gasteiger partial charge >= 0.3 is 0 Å². The number of aliphatic hydroxyl groups is 1. The van der Waals surface area contributed by atoms with Gasteiger partial charge in [-0.05, 0) is 111 Å². The summed E-state index contributed by atoms with van der Waals surface area (Å²) < 4.78 is 8.78. The van der Waals surface area contributed by atoms with E-state index in [1.54, 1.807) is 6.92 Å². The van der Waals surface area contributed by atoms with Crippen molar-refractivity contribution in [3.8, 4) is 5.75 Å². The standard InChI is InChI=1S/C16H15I4NO3/c1-16(23)13(19)5-10(6-14(16)20)24-15-11(17)3-8(4-12(15)18)2-9(21)7-22/h3-7,9,13,23H,2,21H2,1H3. The number of halogens is 4. The van der Waals surface area contributed by atoms with Crippen LogP contribution >= 0.6 is 90.4 Å². The highest BCUT2D eigenvalue weighted by atomic mass is 127. The summed E-state index contributed by atoms with van der Waals surface area (Å²) in [4.78, 5) is 10.7. The second-order valence-corrected chi connectivity index (χ2v) is 10.4. The van der Waals surface area contributed by atoms with Crippen molar-refractivity contribution in [2.45, 2.75) is 28.9 Å². The fraction of sp³-hybridized carbons (Fsp3) is 0.312. The van der Waals surface area contributed by atoms with Gasteiger partial charge in [-0.3, -0.25) is 0 Å². The van der Waals surface area contributed by atoms with E-state index in [1.165, 1.54) is 0 Å². The lowest BCUT2D eigenvalue weighted by molar-refractivity contribution is -0.108. The molecule has 3 N–H and O–H groups in total. The van der Waals surface area contributed by atoms with Crippen LogP contribution in [0.15, 0.2) is 33.6 Å². The van der Waals surface area contributed by atoms with E-state index >= 15 is 0 Å². The zero-order chi connectivity index (χ0) is 18.1. The predicted octanol–water partition coefficient (Wildman–Crippen LogP) is 4.11. The number of alkyl halides is 1. The molecule has 0 fully saturated rings. The van der Waals surface area contributed by atoms with Crippen molar-refractivity contribution in [2.24, 2.45) is 5.73 Å². The molecule has 1 aliphatic carbocycles. The Hall–Kier alpha value is 1.01. The first-order valence-corrected chi connectivity index (χ1v) is 11.5. The van der Waals surface area contributed by atoms with Gasteiger partial charge in [0, 0.05) is 3.58 Å². The molecule has 0 saturated heterocycles. The second kappa shape index (κ2) is 8.80. The van der Waals surface area contributed by atoms with Crippen LogP contribution < -0.4 is 10.5 Å². The maximum Gasteiger partial charge on any atom is 0.154 e. The number of carbonyl (C=O) groups is 1. The summed E-state index contributed by atoms with van der Waals surface area (Å²) in [6, 6.07) is 3.48. The Balaban J connectivity index is 2.27. The number of allylic oxidation sites excluding steroid dienone is 1. The summed E-state index contributed by atoms with van der Waals surface area (Å²) in [6.07, 6.45) is 5.05. The predicted molar refractivity (Wildman–Crippen MR) is 129 cm³/mol. The van der Waals surface area contributed by atoms with Crippen LogP contribution in [0.1, 0.15) is 12.5 Å². The highest BCUT2D eigenvalue weighted by molar-refractivity contribution is 14.1. The van der Waals surface area contributed by atoms with Crippen molar-refractivity contribution in [1.29, 1.82) is 0 Å². The van der Waals surface area contributed by atoms with Crippen molar-refractivity contribution >= 4 is 96.6 Å². The molecule has 0 saturated carbocycles. The molecule has 1 aromatic carbocycles. The van der Waals surface area contributed by atoms with Crippen LogP contribution in [-0.4, -0.2) is 27.0 Å². The van der Waals surface area contributed by atoms with Crippen LogP contribution in [0.4, 0.5) is 0 Å². The molecule has 130 valence electrons. The first-order valence-electron chi connectivity index (χ1n) is 6.97. The van der Waals surface area contributed by atoms with E-state index in [4.69, 9.17) is 10.5 Å². The number of benzene rings is 1. The third-order valence-electron chi connectivity index (χ3n) is 3.52. The van der Waals surface area contributed by atoms with Crippen molar-refractivity contribution in [3.63, 3.8) is 0 Å². The molecule has 0 bridgehead atoms. The van der Waals surface area contributed by atoms with Crippen LogP contribution in [0.5, 0.6) is 5.75 Å². The normalized spacial score (nSPS) is 24.9. The SMILES string of the molecule is CC1(O)C(I)=CC(Oc2c(I)cc(CC(N)C=O)cc2I)=CC1I. The summed E-state index contributed by atoms with van der Waals surface area (Å²) in [6.45, 7) is 1.80. The van der Waals surface area contributed by atoms with E-state index < -0.39 is 11.6 Å². The molecule has 1 aromatic rings. The molecule has 4 nitrogen and oxygen atoms in total. The quantitative estimate of drug-likeness (QED) is 0.269. The lowest BCUT2D eigenvalue weighted by Gasteiger charge is -2.31. The van der Waals surface area contributed by atoms with Crippen LogP contribution in [0, 0.1) is 7.14 Å². The molecular formula is C16H15I4NO3. The third-order valence-corrected chi connectivity index (χ3v) is 8.10. The van der Waals surface area contributed by atoms with Gasteiger partial charge in [-0.2, -0.15) is 0 Å². The smallest absolute Gasteiger partial charge is 0.154 e. The summed E-state index contributed by atoms with van der Waals surface area (Å²) in [5.74, 6) is 1.50. The van der Waals surface area contributed by atoms with Gasteiger partial charge < -0.3 is 20.4 Å². The highest BCUT2D eigenvalue weighted by Crippen LogP contribution is 2.38. The number of hydrogen-bond acceptors (Lipinski definition) is 4. The molecule has 0 amide bonds. The Morgan fingerprint density at radius 3 is 2.46 bits per heavy atom. The topological polar surface area (TPSA) is 72.6 Å². The fourth-order valence-electron chi connectivity index (χ4n) is 2.09. The Morgan fingerprint density at radius 1 is 1.38 bits per heavy atom. The van der Waals surface area contributed by atoms with E-state index in [1.807, 2.05) is 24.3 Å². The van der Waals surface area contributed by atoms with Gasteiger partial charge in [-0.15, -0.1) is 0 Å². The molecule has 0 aromatic heterocycles. The minimum Gasteiger partial charge on any atom is -0.455 e. The Morgan fingerprint density at radius 2 is 1.96 bits per heavy atom. The summed E-state index contributed by atoms with van der Waals surface area (Å²) >= 11 is 8.81. The number of ether oxygens (including phenoxy) is 1. The number of aldehydes is 1. The second-order valence-electron chi connectivity index (χ2n) is 5.61. The molecule has 0 aliphatic heterocycles.